The van der Waals surface area contributed by atoms with Crippen molar-refractivity contribution in [3.05, 3.63) is 29.8 Å². The first kappa shape index (κ1) is 13.0. The molecule has 1 nitrogen and oxygen atoms in total. The summed E-state index contributed by atoms with van der Waals surface area (Å²) < 4.78 is 0. The van der Waals surface area contributed by atoms with Gasteiger partial charge >= 0.3 is 0 Å². The predicted molar refractivity (Wildman–Crippen MR) is 76.8 cm³/mol. The third-order valence-corrected chi connectivity index (χ3v) is 5.00. The Morgan fingerprint density at radius 2 is 2.12 bits per heavy atom. The maximum absolute atomic E-state index is 3.65. The molecule has 0 radical (unpaired) electrons. The van der Waals surface area contributed by atoms with Gasteiger partial charge in [0.1, 0.15) is 0 Å². The lowest BCUT2D eigenvalue weighted by Crippen LogP contribution is -2.31. The van der Waals surface area contributed by atoms with Crippen LogP contribution < -0.4 is 5.32 Å². The molecule has 1 N–H and O–H groups in total. The molecule has 1 aliphatic heterocycles. The van der Waals surface area contributed by atoms with Crippen molar-refractivity contribution in [2.45, 2.75) is 38.0 Å². The van der Waals surface area contributed by atoms with Crippen LogP contribution in [0.1, 0.15) is 38.7 Å². The van der Waals surface area contributed by atoms with Crippen LogP contribution in [0, 0.1) is 5.41 Å². The summed E-state index contributed by atoms with van der Waals surface area (Å²) in [4.78, 5) is 1.48. The van der Waals surface area contributed by atoms with E-state index in [1.807, 2.05) is 11.8 Å². The zero-order valence-corrected chi connectivity index (χ0v) is 11.9. The Kier molecular flexibility index (Phi) is 4.16. The van der Waals surface area contributed by atoms with Crippen molar-refractivity contribution >= 4 is 11.8 Å². The number of rotatable bonds is 5. The van der Waals surface area contributed by atoms with E-state index in [9.17, 15) is 0 Å². The third-order valence-electron chi connectivity index (χ3n) is 3.75. The molecule has 1 heterocycles. The van der Waals surface area contributed by atoms with E-state index >= 15 is 0 Å². The predicted octanol–water partition coefficient (Wildman–Crippen LogP) is 3.90. The van der Waals surface area contributed by atoms with Crippen molar-refractivity contribution in [3.8, 4) is 0 Å². The molecule has 2 rings (SSSR count). The summed E-state index contributed by atoms with van der Waals surface area (Å²) in [5.74, 6) is 1.93. The van der Waals surface area contributed by atoms with Crippen molar-refractivity contribution in [1.29, 1.82) is 0 Å². The van der Waals surface area contributed by atoms with Gasteiger partial charge in [-0.3, -0.25) is 0 Å². The zero-order valence-electron chi connectivity index (χ0n) is 11.1. The first-order chi connectivity index (χ1) is 8.12. The first-order valence-electron chi connectivity index (χ1n) is 6.55. The van der Waals surface area contributed by atoms with Gasteiger partial charge in [-0.1, -0.05) is 39.0 Å². The molecule has 2 heteroatoms. The smallest absolute Gasteiger partial charge is 0.0108 e. The molecule has 1 aromatic carbocycles. The summed E-state index contributed by atoms with van der Waals surface area (Å²) in [6.07, 6.45) is 1.23. The van der Waals surface area contributed by atoms with E-state index in [1.54, 1.807) is 5.56 Å². The average molecular weight is 249 g/mol. The molecule has 1 aliphatic rings. The molecule has 1 unspecified atom stereocenters. The molecule has 0 aliphatic carbocycles. The summed E-state index contributed by atoms with van der Waals surface area (Å²) in [5.41, 5.74) is 1.96. The van der Waals surface area contributed by atoms with Crippen molar-refractivity contribution in [1.82, 2.24) is 5.32 Å². The van der Waals surface area contributed by atoms with Crippen molar-refractivity contribution in [2.75, 3.05) is 18.8 Å². The Hall–Kier alpha value is -0.470. The fourth-order valence-electron chi connectivity index (χ4n) is 2.11. The quantitative estimate of drug-likeness (QED) is 0.849. The second kappa shape index (κ2) is 5.45. The zero-order chi connectivity index (χ0) is 12.3. The van der Waals surface area contributed by atoms with Gasteiger partial charge in [0.2, 0.25) is 0 Å². The number of benzene rings is 1. The number of nitrogens with one attached hydrogen (secondary N) is 1. The van der Waals surface area contributed by atoms with Gasteiger partial charge in [0.15, 0.2) is 0 Å². The van der Waals surface area contributed by atoms with E-state index in [0.717, 1.165) is 13.1 Å². The Balaban J connectivity index is 1.86. The number of hydrogen-bond donors (Lipinski definition) is 1. The number of fused-ring (bicyclic) bond motifs is 1. The van der Waals surface area contributed by atoms with E-state index in [-0.39, 0.29) is 0 Å². The minimum Gasteiger partial charge on any atom is -0.316 e. The van der Waals surface area contributed by atoms with E-state index < -0.39 is 0 Å². The molecule has 0 saturated carbocycles. The van der Waals surface area contributed by atoms with Gasteiger partial charge in [-0.2, -0.15) is 0 Å². The van der Waals surface area contributed by atoms with Gasteiger partial charge in [-0.05, 0) is 23.5 Å². The lowest BCUT2D eigenvalue weighted by atomic mass is 9.90. The molecule has 0 saturated heterocycles. The van der Waals surface area contributed by atoms with E-state index in [1.165, 1.54) is 17.1 Å². The fraction of sp³-hybridized carbons (Fsp3) is 0.600. The summed E-state index contributed by atoms with van der Waals surface area (Å²) in [7, 11) is 0. The highest BCUT2D eigenvalue weighted by Crippen LogP contribution is 2.38. The molecule has 94 valence electrons. The Bertz CT molecular complexity index is 373. The third kappa shape index (κ3) is 3.26. The van der Waals surface area contributed by atoms with Crippen molar-refractivity contribution < 1.29 is 0 Å². The van der Waals surface area contributed by atoms with Crippen LogP contribution in [0.3, 0.4) is 0 Å². The van der Waals surface area contributed by atoms with E-state index in [0.29, 0.717) is 11.3 Å². The van der Waals surface area contributed by atoms with Gasteiger partial charge in [0.05, 0.1) is 0 Å². The largest absolute Gasteiger partial charge is 0.316 e. The number of thioether (sulfide) groups is 1. The highest BCUT2D eigenvalue weighted by Gasteiger charge is 2.23. The van der Waals surface area contributed by atoms with E-state index in [4.69, 9.17) is 0 Å². The van der Waals surface area contributed by atoms with Crippen LogP contribution in [-0.2, 0) is 0 Å². The highest BCUT2D eigenvalue weighted by molar-refractivity contribution is 7.99. The lowest BCUT2D eigenvalue weighted by Gasteiger charge is -2.24. The Morgan fingerprint density at radius 1 is 1.35 bits per heavy atom. The summed E-state index contributed by atoms with van der Waals surface area (Å²) in [6.45, 7) is 9.16. The highest BCUT2D eigenvalue weighted by atomic mass is 32.2. The molecule has 0 amide bonds. The summed E-state index contributed by atoms with van der Waals surface area (Å²) in [5, 5.41) is 3.65. The van der Waals surface area contributed by atoms with Gasteiger partial charge in [-0.15, -0.1) is 11.8 Å². The summed E-state index contributed by atoms with van der Waals surface area (Å²) >= 11 is 2.00. The van der Waals surface area contributed by atoms with Crippen LogP contribution >= 0.6 is 11.8 Å². The van der Waals surface area contributed by atoms with Gasteiger partial charge < -0.3 is 5.32 Å². The molecule has 1 atom stereocenters. The monoisotopic (exact) mass is 249 g/mol. The first-order valence-corrected chi connectivity index (χ1v) is 7.53. The minimum atomic E-state index is 0.422. The van der Waals surface area contributed by atoms with Crippen LogP contribution in [0.2, 0.25) is 0 Å². The van der Waals surface area contributed by atoms with Gasteiger partial charge in [0.25, 0.3) is 0 Å². The maximum atomic E-state index is 3.65. The SMILES string of the molecule is CCC(C)(C)CNCC1CSc2ccccc21. The Morgan fingerprint density at radius 3 is 2.88 bits per heavy atom. The normalized spacial score (nSPS) is 19.4. The van der Waals surface area contributed by atoms with Gasteiger partial charge in [0, 0.05) is 29.7 Å². The lowest BCUT2D eigenvalue weighted by molar-refractivity contribution is 0.326. The average Bonchev–Trinajstić information content (AvgIpc) is 2.73. The second-order valence-corrected chi connectivity index (χ2v) is 6.76. The fourth-order valence-corrected chi connectivity index (χ4v) is 3.36. The molecule has 0 bridgehead atoms. The second-order valence-electron chi connectivity index (χ2n) is 5.69. The standard InChI is InChI=1S/C15H23NS/c1-4-15(2,3)11-16-9-12-10-17-14-8-6-5-7-13(12)14/h5-8,12,16H,4,9-11H2,1-3H3. The van der Waals surface area contributed by atoms with Crippen LogP contribution in [0.25, 0.3) is 0 Å². The van der Waals surface area contributed by atoms with Crippen LogP contribution in [-0.4, -0.2) is 18.8 Å². The van der Waals surface area contributed by atoms with Gasteiger partial charge in [-0.25, -0.2) is 0 Å². The van der Waals surface area contributed by atoms with Crippen molar-refractivity contribution in [2.24, 2.45) is 5.41 Å². The summed E-state index contributed by atoms with van der Waals surface area (Å²) in [6, 6.07) is 8.83. The van der Waals surface area contributed by atoms with Crippen LogP contribution in [0.15, 0.2) is 29.2 Å². The molecule has 0 spiro atoms. The molecular weight excluding hydrogens is 226 g/mol. The van der Waals surface area contributed by atoms with E-state index in [2.05, 4.69) is 50.4 Å². The molecular formula is C15H23NS. The molecule has 1 aromatic rings. The van der Waals surface area contributed by atoms with Crippen molar-refractivity contribution in [3.63, 3.8) is 0 Å². The molecule has 0 fully saturated rings. The minimum absolute atomic E-state index is 0.422. The molecule has 17 heavy (non-hydrogen) atoms. The topological polar surface area (TPSA) is 12.0 Å². The van der Waals surface area contributed by atoms with Crippen LogP contribution in [0.4, 0.5) is 0 Å². The number of hydrogen-bond acceptors (Lipinski definition) is 2. The Labute approximate surface area is 109 Å². The van der Waals surface area contributed by atoms with Crippen LogP contribution in [0.5, 0.6) is 0 Å². The maximum Gasteiger partial charge on any atom is 0.0108 e. The molecule has 0 aromatic heterocycles.